The molecule has 1 amide bonds. The van der Waals surface area contributed by atoms with Crippen LogP contribution < -0.4 is 10.6 Å². The third-order valence-electron chi connectivity index (χ3n) is 4.17. The van der Waals surface area contributed by atoms with Crippen LogP contribution in [0.25, 0.3) is 20.8 Å². The molecule has 0 saturated heterocycles. The minimum absolute atomic E-state index is 0.138. The molecule has 4 nitrogen and oxygen atoms in total. The second kappa shape index (κ2) is 9.15. The minimum Gasteiger partial charge on any atom is -0.331 e. The standard InChI is InChI=1S/C21H12Cl2IN3OS2/c22-13-10-14(23)17(9-12(13)20-25-16-7-3-4-8-18(16)30-20)26-21(29)27-19(28)11-5-1-2-6-15(11)24/h1-10H,(H2,26,27,28,29). The van der Waals surface area contributed by atoms with Gasteiger partial charge in [0.25, 0.3) is 5.91 Å². The van der Waals surface area contributed by atoms with Gasteiger partial charge in [-0.1, -0.05) is 47.5 Å². The highest BCUT2D eigenvalue weighted by atomic mass is 127. The van der Waals surface area contributed by atoms with Gasteiger partial charge in [0.15, 0.2) is 5.11 Å². The van der Waals surface area contributed by atoms with E-state index in [1.807, 2.05) is 36.4 Å². The molecule has 1 heterocycles. The molecule has 4 rings (SSSR count). The Kier molecular flexibility index (Phi) is 6.54. The number of thiazole rings is 1. The predicted molar refractivity (Wildman–Crippen MR) is 138 cm³/mol. The Bertz CT molecular complexity index is 1260. The molecule has 0 aliphatic carbocycles. The third kappa shape index (κ3) is 4.60. The van der Waals surface area contributed by atoms with Crippen LogP contribution in [0.4, 0.5) is 5.69 Å². The van der Waals surface area contributed by atoms with Gasteiger partial charge < -0.3 is 5.32 Å². The summed E-state index contributed by atoms with van der Waals surface area (Å²) >= 11 is 21.7. The van der Waals surface area contributed by atoms with Gasteiger partial charge in [-0.2, -0.15) is 0 Å². The SMILES string of the molecule is O=C(NC(=S)Nc1cc(-c2nc3ccccc3s2)c(Cl)cc1Cl)c1ccccc1I. The van der Waals surface area contributed by atoms with Crippen molar-refractivity contribution in [2.75, 3.05) is 5.32 Å². The number of thiocarbonyl (C=S) groups is 1. The van der Waals surface area contributed by atoms with Gasteiger partial charge >= 0.3 is 0 Å². The van der Waals surface area contributed by atoms with Crippen molar-refractivity contribution in [3.05, 3.63) is 79.8 Å². The van der Waals surface area contributed by atoms with Crippen molar-refractivity contribution in [1.29, 1.82) is 0 Å². The molecule has 0 fully saturated rings. The molecule has 0 saturated carbocycles. The lowest BCUT2D eigenvalue weighted by Gasteiger charge is -2.13. The summed E-state index contributed by atoms with van der Waals surface area (Å²) in [5, 5.41) is 7.45. The number of nitrogens with zero attached hydrogens (tertiary/aromatic N) is 1. The van der Waals surface area contributed by atoms with E-state index in [2.05, 4.69) is 38.2 Å². The van der Waals surface area contributed by atoms with E-state index in [4.69, 9.17) is 35.4 Å². The summed E-state index contributed by atoms with van der Waals surface area (Å²) < 4.78 is 1.89. The highest BCUT2D eigenvalue weighted by Gasteiger charge is 2.16. The van der Waals surface area contributed by atoms with Crippen molar-refractivity contribution in [1.82, 2.24) is 10.3 Å². The summed E-state index contributed by atoms with van der Waals surface area (Å²) in [4.78, 5) is 17.1. The topological polar surface area (TPSA) is 54.0 Å². The number of halogens is 3. The molecular weight excluding hydrogens is 572 g/mol. The van der Waals surface area contributed by atoms with Crippen LogP contribution in [0, 0.1) is 3.57 Å². The first kappa shape index (κ1) is 21.5. The summed E-state index contributed by atoms with van der Waals surface area (Å²) in [5.41, 5.74) is 2.71. The van der Waals surface area contributed by atoms with Crippen LogP contribution in [0.15, 0.2) is 60.7 Å². The number of nitrogens with one attached hydrogen (secondary N) is 2. The Labute approximate surface area is 205 Å². The number of anilines is 1. The summed E-state index contributed by atoms with van der Waals surface area (Å²) in [6.07, 6.45) is 0. The van der Waals surface area contributed by atoms with Crippen molar-refractivity contribution in [2.45, 2.75) is 0 Å². The van der Waals surface area contributed by atoms with Crippen LogP contribution in [0.3, 0.4) is 0 Å². The summed E-state index contributed by atoms with van der Waals surface area (Å²) in [6.45, 7) is 0. The van der Waals surface area contributed by atoms with Gasteiger partial charge in [-0.25, -0.2) is 4.98 Å². The Balaban J connectivity index is 1.58. The largest absolute Gasteiger partial charge is 0.331 e. The number of carbonyl (C=O) groups excluding carboxylic acids is 1. The van der Waals surface area contributed by atoms with Crippen molar-refractivity contribution in [3.63, 3.8) is 0 Å². The Morgan fingerprint density at radius 1 is 1.03 bits per heavy atom. The number of amides is 1. The molecule has 0 radical (unpaired) electrons. The highest BCUT2D eigenvalue weighted by molar-refractivity contribution is 14.1. The molecule has 0 spiro atoms. The number of hydrogen-bond donors (Lipinski definition) is 2. The number of carbonyl (C=O) groups is 1. The lowest BCUT2D eigenvalue weighted by Crippen LogP contribution is -2.34. The lowest BCUT2D eigenvalue weighted by molar-refractivity contribution is 0.0977. The Hall–Kier alpha value is -1.78. The van der Waals surface area contributed by atoms with Crippen LogP contribution in [-0.4, -0.2) is 16.0 Å². The fourth-order valence-corrected chi connectivity index (χ4v) is 5.17. The van der Waals surface area contributed by atoms with Crippen molar-refractivity contribution in [3.8, 4) is 10.6 Å². The Morgan fingerprint density at radius 3 is 2.53 bits per heavy atom. The second-order valence-electron chi connectivity index (χ2n) is 6.19. The molecule has 0 bridgehead atoms. The monoisotopic (exact) mass is 583 g/mol. The van der Waals surface area contributed by atoms with Gasteiger partial charge in [-0.05, 0) is 71.2 Å². The average molecular weight is 584 g/mol. The van der Waals surface area contributed by atoms with Gasteiger partial charge in [0.05, 0.1) is 31.5 Å². The summed E-state index contributed by atoms with van der Waals surface area (Å²) in [7, 11) is 0. The minimum atomic E-state index is -0.297. The van der Waals surface area contributed by atoms with E-state index in [0.717, 1.165) is 24.4 Å². The van der Waals surface area contributed by atoms with E-state index in [0.29, 0.717) is 21.3 Å². The maximum atomic E-state index is 12.5. The maximum absolute atomic E-state index is 12.5. The molecule has 0 unspecified atom stereocenters. The normalized spacial score (nSPS) is 10.8. The zero-order valence-corrected chi connectivity index (χ0v) is 20.4. The van der Waals surface area contributed by atoms with Gasteiger partial charge in [0.1, 0.15) is 5.01 Å². The van der Waals surface area contributed by atoms with Crippen LogP contribution >= 0.6 is 69.3 Å². The van der Waals surface area contributed by atoms with Crippen molar-refractivity contribution < 1.29 is 4.79 Å². The van der Waals surface area contributed by atoms with Gasteiger partial charge in [0, 0.05) is 9.13 Å². The molecule has 3 aromatic carbocycles. The molecule has 150 valence electrons. The molecule has 0 atom stereocenters. The molecule has 0 aliphatic heterocycles. The van der Waals surface area contributed by atoms with Crippen molar-refractivity contribution >= 4 is 96.3 Å². The molecule has 1 aromatic heterocycles. The van der Waals surface area contributed by atoms with Crippen LogP contribution in [0.1, 0.15) is 10.4 Å². The highest BCUT2D eigenvalue weighted by Crippen LogP contribution is 2.38. The quantitative estimate of drug-likeness (QED) is 0.201. The van der Waals surface area contributed by atoms with Crippen LogP contribution in [-0.2, 0) is 0 Å². The van der Waals surface area contributed by atoms with Gasteiger partial charge in [-0.15, -0.1) is 11.3 Å². The van der Waals surface area contributed by atoms with Crippen molar-refractivity contribution in [2.24, 2.45) is 0 Å². The first-order valence-corrected chi connectivity index (χ1v) is 11.7. The number of rotatable bonds is 3. The fraction of sp³-hybridized carbons (Fsp3) is 0. The first-order chi connectivity index (χ1) is 14.4. The zero-order valence-electron chi connectivity index (χ0n) is 15.1. The molecule has 2 N–H and O–H groups in total. The van der Waals surface area contributed by atoms with Gasteiger partial charge in [-0.3, -0.25) is 10.1 Å². The number of para-hydroxylation sites is 1. The summed E-state index contributed by atoms with van der Waals surface area (Å²) in [5.74, 6) is -0.297. The maximum Gasteiger partial charge on any atom is 0.258 e. The van der Waals surface area contributed by atoms with E-state index in [1.165, 1.54) is 11.3 Å². The number of aromatic nitrogens is 1. The fourth-order valence-electron chi connectivity index (χ4n) is 2.77. The predicted octanol–water partition coefficient (Wildman–Crippen LogP) is 7.00. The smallest absolute Gasteiger partial charge is 0.258 e. The van der Waals surface area contributed by atoms with E-state index in [-0.39, 0.29) is 11.0 Å². The second-order valence-corrected chi connectivity index (χ2v) is 9.60. The summed E-state index contributed by atoms with van der Waals surface area (Å²) in [6, 6.07) is 18.5. The molecule has 9 heteroatoms. The van der Waals surface area contributed by atoms with E-state index < -0.39 is 0 Å². The van der Waals surface area contributed by atoms with Gasteiger partial charge in [0.2, 0.25) is 0 Å². The molecular formula is C21H12Cl2IN3OS2. The number of fused-ring (bicyclic) bond motifs is 1. The van der Waals surface area contributed by atoms with E-state index >= 15 is 0 Å². The number of benzene rings is 3. The van der Waals surface area contributed by atoms with Crippen LogP contribution in [0.5, 0.6) is 0 Å². The number of hydrogen-bond acceptors (Lipinski definition) is 4. The zero-order chi connectivity index (χ0) is 21.3. The Morgan fingerprint density at radius 2 is 1.77 bits per heavy atom. The average Bonchev–Trinajstić information content (AvgIpc) is 3.14. The third-order valence-corrected chi connectivity index (χ3v) is 7.01. The van der Waals surface area contributed by atoms with E-state index in [9.17, 15) is 4.79 Å². The first-order valence-electron chi connectivity index (χ1n) is 8.64. The van der Waals surface area contributed by atoms with E-state index in [1.54, 1.807) is 24.3 Å². The lowest BCUT2D eigenvalue weighted by atomic mass is 10.2. The molecule has 0 aliphatic rings. The molecule has 30 heavy (non-hydrogen) atoms. The van der Waals surface area contributed by atoms with Crippen LogP contribution in [0.2, 0.25) is 10.0 Å². The molecule has 4 aromatic rings.